The van der Waals surface area contributed by atoms with E-state index >= 15 is 0 Å². The summed E-state index contributed by atoms with van der Waals surface area (Å²) in [6.07, 6.45) is 0.656. The van der Waals surface area contributed by atoms with E-state index in [2.05, 4.69) is 15.9 Å². The molecule has 7 heteroatoms. The van der Waals surface area contributed by atoms with Gasteiger partial charge in [0.2, 0.25) is 10.0 Å². The summed E-state index contributed by atoms with van der Waals surface area (Å²) in [5, 5.41) is 0. The lowest BCUT2D eigenvalue weighted by Crippen LogP contribution is -2.37. The zero-order chi connectivity index (χ0) is 16.9. The van der Waals surface area contributed by atoms with Crippen LogP contribution in [0.15, 0.2) is 57.9 Å². The molecule has 0 saturated carbocycles. The molecule has 0 aliphatic rings. The van der Waals surface area contributed by atoms with Crippen molar-refractivity contribution >= 4 is 38.4 Å². The lowest BCUT2D eigenvalue weighted by atomic mass is 10.1. The van der Waals surface area contributed by atoms with Gasteiger partial charge in [-0.15, -0.1) is 12.4 Å². The van der Waals surface area contributed by atoms with Gasteiger partial charge in [0.1, 0.15) is 0 Å². The first-order valence-corrected chi connectivity index (χ1v) is 9.69. The Bertz CT molecular complexity index is 754. The summed E-state index contributed by atoms with van der Waals surface area (Å²) >= 11 is 3.34. The normalized spacial score (nSPS) is 11.3. The Kier molecular flexibility index (Phi) is 8.39. The van der Waals surface area contributed by atoms with Crippen LogP contribution in [0, 0.1) is 6.92 Å². The maximum absolute atomic E-state index is 13.0. The van der Waals surface area contributed by atoms with E-state index in [1.165, 1.54) is 4.31 Å². The molecule has 132 valence electrons. The van der Waals surface area contributed by atoms with Crippen molar-refractivity contribution in [3.8, 4) is 0 Å². The molecular formula is C17H22BrClN2O2S. The van der Waals surface area contributed by atoms with Gasteiger partial charge in [-0.05, 0) is 52.5 Å². The molecule has 0 radical (unpaired) electrons. The van der Waals surface area contributed by atoms with Crippen LogP contribution < -0.4 is 5.73 Å². The molecule has 0 saturated heterocycles. The van der Waals surface area contributed by atoms with Gasteiger partial charge in [0.05, 0.1) is 4.90 Å². The topological polar surface area (TPSA) is 63.4 Å². The number of hydrogen-bond acceptors (Lipinski definition) is 3. The lowest BCUT2D eigenvalue weighted by Gasteiger charge is -2.22. The van der Waals surface area contributed by atoms with Gasteiger partial charge in [0.25, 0.3) is 0 Å². The Labute approximate surface area is 158 Å². The highest BCUT2D eigenvalue weighted by Gasteiger charge is 2.25. The number of rotatable bonds is 7. The Morgan fingerprint density at radius 1 is 1.08 bits per heavy atom. The average Bonchev–Trinajstić information content (AvgIpc) is 2.54. The van der Waals surface area contributed by atoms with E-state index in [0.717, 1.165) is 11.1 Å². The molecule has 0 bridgehead atoms. The fraction of sp³-hybridized carbons (Fsp3) is 0.294. The van der Waals surface area contributed by atoms with Gasteiger partial charge >= 0.3 is 0 Å². The van der Waals surface area contributed by atoms with E-state index in [0.29, 0.717) is 28.9 Å². The molecule has 4 nitrogen and oxygen atoms in total. The number of nitrogens with two attached hydrogens (primary N) is 1. The monoisotopic (exact) mass is 432 g/mol. The van der Waals surface area contributed by atoms with Gasteiger partial charge in [0.15, 0.2) is 0 Å². The van der Waals surface area contributed by atoms with Crippen molar-refractivity contribution in [3.63, 3.8) is 0 Å². The Morgan fingerprint density at radius 3 is 2.38 bits per heavy atom. The summed E-state index contributed by atoms with van der Waals surface area (Å²) in [6, 6.07) is 15.2. The predicted molar refractivity (Wildman–Crippen MR) is 104 cm³/mol. The van der Waals surface area contributed by atoms with Crippen LogP contribution in [0.4, 0.5) is 0 Å². The van der Waals surface area contributed by atoms with Crippen LogP contribution in [0.2, 0.25) is 0 Å². The minimum Gasteiger partial charge on any atom is -0.329 e. The quantitative estimate of drug-likeness (QED) is 0.728. The van der Waals surface area contributed by atoms with E-state index in [-0.39, 0.29) is 19.0 Å². The fourth-order valence-corrected chi connectivity index (χ4v) is 4.81. The average molecular weight is 434 g/mol. The third-order valence-electron chi connectivity index (χ3n) is 3.58. The van der Waals surface area contributed by atoms with Crippen LogP contribution in [-0.4, -0.2) is 32.4 Å². The summed E-state index contributed by atoms with van der Waals surface area (Å²) in [6.45, 7) is 2.87. The van der Waals surface area contributed by atoms with E-state index in [9.17, 15) is 8.42 Å². The van der Waals surface area contributed by atoms with Crippen molar-refractivity contribution in [2.75, 3.05) is 19.6 Å². The van der Waals surface area contributed by atoms with Crippen molar-refractivity contribution in [1.29, 1.82) is 0 Å². The summed E-state index contributed by atoms with van der Waals surface area (Å²) in [4.78, 5) is 0.291. The molecule has 2 aromatic rings. The van der Waals surface area contributed by atoms with Crippen molar-refractivity contribution in [1.82, 2.24) is 4.31 Å². The van der Waals surface area contributed by atoms with Crippen molar-refractivity contribution in [3.05, 3.63) is 64.1 Å². The third kappa shape index (κ3) is 5.29. The van der Waals surface area contributed by atoms with Gasteiger partial charge in [-0.2, -0.15) is 4.31 Å². The van der Waals surface area contributed by atoms with Gasteiger partial charge in [-0.1, -0.05) is 36.4 Å². The molecule has 0 aromatic heterocycles. The highest BCUT2D eigenvalue weighted by atomic mass is 79.9. The molecule has 0 aliphatic carbocycles. The number of aryl methyl sites for hydroxylation is 1. The standard InChI is InChI=1S/C17H21BrN2O2S.ClH/c1-14-7-8-16(18)17(13-14)23(21,22)20(12-10-19)11-9-15-5-3-2-4-6-15;/h2-8,13H,9-12,19H2,1H3;1H. The molecule has 2 rings (SSSR count). The SMILES string of the molecule is Cc1ccc(Br)c(S(=O)(=O)N(CCN)CCc2ccccc2)c1.Cl. The van der Waals surface area contributed by atoms with Crippen LogP contribution >= 0.6 is 28.3 Å². The smallest absolute Gasteiger partial charge is 0.244 e. The number of sulfonamides is 1. The van der Waals surface area contributed by atoms with Crippen LogP contribution in [0.1, 0.15) is 11.1 Å². The molecule has 24 heavy (non-hydrogen) atoms. The van der Waals surface area contributed by atoms with Crippen LogP contribution in [0.3, 0.4) is 0 Å². The van der Waals surface area contributed by atoms with Crippen molar-refractivity contribution in [2.24, 2.45) is 5.73 Å². The number of halogens is 2. The number of hydrogen-bond donors (Lipinski definition) is 1. The zero-order valence-corrected chi connectivity index (χ0v) is 16.7. The second-order valence-corrected chi connectivity index (χ2v) is 8.12. The Hall–Kier alpha value is -0.920. The molecule has 0 unspecified atom stereocenters. The molecule has 0 heterocycles. The maximum Gasteiger partial charge on any atom is 0.244 e. The second-order valence-electron chi connectivity index (χ2n) is 5.36. The van der Waals surface area contributed by atoms with Crippen LogP contribution in [-0.2, 0) is 16.4 Å². The van der Waals surface area contributed by atoms with Crippen molar-refractivity contribution < 1.29 is 8.42 Å². The minimum atomic E-state index is -3.58. The lowest BCUT2D eigenvalue weighted by molar-refractivity contribution is 0.421. The molecular weight excluding hydrogens is 412 g/mol. The third-order valence-corrected chi connectivity index (χ3v) is 6.47. The van der Waals surface area contributed by atoms with Gasteiger partial charge in [-0.25, -0.2) is 8.42 Å². The van der Waals surface area contributed by atoms with E-state index < -0.39 is 10.0 Å². The molecule has 0 fully saturated rings. The molecule has 2 aromatic carbocycles. The van der Waals surface area contributed by atoms with E-state index in [4.69, 9.17) is 5.73 Å². The Balaban J connectivity index is 0.00000288. The summed E-state index contributed by atoms with van der Waals surface area (Å²) in [5.41, 5.74) is 7.63. The highest BCUT2D eigenvalue weighted by Crippen LogP contribution is 2.26. The first-order valence-electron chi connectivity index (χ1n) is 7.45. The first-order chi connectivity index (χ1) is 10.9. The Morgan fingerprint density at radius 2 is 1.75 bits per heavy atom. The molecule has 2 N–H and O–H groups in total. The van der Waals surface area contributed by atoms with E-state index in [1.54, 1.807) is 12.1 Å². The van der Waals surface area contributed by atoms with Gasteiger partial charge in [0, 0.05) is 24.1 Å². The fourth-order valence-electron chi connectivity index (χ4n) is 2.34. The highest BCUT2D eigenvalue weighted by molar-refractivity contribution is 9.10. The molecule has 0 aliphatic heterocycles. The largest absolute Gasteiger partial charge is 0.329 e. The summed E-state index contributed by atoms with van der Waals surface area (Å²) < 4.78 is 27.9. The van der Waals surface area contributed by atoms with Gasteiger partial charge < -0.3 is 5.73 Å². The zero-order valence-electron chi connectivity index (χ0n) is 13.5. The second kappa shape index (κ2) is 9.53. The molecule has 0 amide bonds. The van der Waals surface area contributed by atoms with Gasteiger partial charge in [-0.3, -0.25) is 0 Å². The van der Waals surface area contributed by atoms with Crippen molar-refractivity contribution in [2.45, 2.75) is 18.2 Å². The summed E-state index contributed by atoms with van der Waals surface area (Å²) in [5.74, 6) is 0. The molecule has 0 atom stereocenters. The minimum absolute atomic E-state index is 0. The maximum atomic E-state index is 13.0. The van der Waals surface area contributed by atoms with Crippen LogP contribution in [0.25, 0.3) is 0 Å². The predicted octanol–water partition coefficient (Wildman–Crippen LogP) is 3.37. The number of benzene rings is 2. The first kappa shape index (κ1) is 21.1. The van der Waals surface area contributed by atoms with E-state index in [1.807, 2.05) is 43.3 Å². The summed E-state index contributed by atoms with van der Waals surface area (Å²) in [7, 11) is -3.58. The van der Waals surface area contributed by atoms with Crippen LogP contribution in [0.5, 0.6) is 0 Å². The molecule has 0 spiro atoms. The number of nitrogens with zero attached hydrogens (tertiary/aromatic N) is 1.